The third-order valence-electron chi connectivity index (χ3n) is 4.72. The van der Waals surface area contributed by atoms with Gasteiger partial charge in [-0.15, -0.1) is 0 Å². The van der Waals surface area contributed by atoms with Gasteiger partial charge in [-0.3, -0.25) is 4.90 Å². The second-order valence-corrected chi connectivity index (χ2v) is 7.69. The predicted molar refractivity (Wildman–Crippen MR) is 115 cm³/mol. The molecule has 4 heterocycles. The molecule has 0 bridgehead atoms. The van der Waals surface area contributed by atoms with Gasteiger partial charge in [-0.25, -0.2) is 24.9 Å². The third kappa shape index (κ3) is 3.59. The summed E-state index contributed by atoms with van der Waals surface area (Å²) in [7, 11) is 1.66. The van der Waals surface area contributed by atoms with Crippen molar-refractivity contribution in [1.29, 1.82) is 0 Å². The second-order valence-electron chi connectivity index (χ2n) is 6.66. The summed E-state index contributed by atoms with van der Waals surface area (Å²) >= 11 is 1.59. The Morgan fingerprint density at radius 3 is 2.90 bits per heavy atom. The van der Waals surface area contributed by atoms with Crippen LogP contribution in [-0.2, 0) is 11.3 Å². The van der Waals surface area contributed by atoms with Crippen LogP contribution in [0.15, 0.2) is 53.2 Å². The first-order valence-corrected chi connectivity index (χ1v) is 10.2. The minimum absolute atomic E-state index is 0.231. The van der Waals surface area contributed by atoms with Crippen LogP contribution in [0.5, 0.6) is 0 Å². The summed E-state index contributed by atoms with van der Waals surface area (Å²) in [5.74, 6) is 6.22. The molecule has 3 aromatic heterocycles. The number of aromatic nitrogens is 6. The normalized spacial score (nSPS) is 12.3. The molecule has 0 saturated carbocycles. The quantitative estimate of drug-likeness (QED) is 0.487. The largest absolute Gasteiger partial charge is 0.384 e. The van der Waals surface area contributed by atoms with Crippen LogP contribution >= 0.6 is 11.8 Å². The van der Waals surface area contributed by atoms with Crippen molar-refractivity contribution in [2.75, 3.05) is 25.3 Å². The fraction of sp³-hybridized carbons (Fsp3) is 0.190. The maximum absolute atomic E-state index is 8.95. The van der Waals surface area contributed by atoms with E-state index in [0.717, 1.165) is 27.0 Å². The summed E-state index contributed by atoms with van der Waals surface area (Å²) in [5, 5.41) is 9.81. The molecule has 154 valence electrons. The van der Waals surface area contributed by atoms with E-state index in [4.69, 9.17) is 9.84 Å². The van der Waals surface area contributed by atoms with Gasteiger partial charge in [0.1, 0.15) is 35.9 Å². The third-order valence-corrected chi connectivity index (χ3v) is 5.77. The van der Waals surface area contributed by atoms with Crippen molar-refractivity contribution in [3.8, 4) is 11.8 Å². The highest BCUT2D eigenvalue weighted by Gasteiger charge is 2.26. The topological polar surface area (TPSA) is 102 Å². The molecule has 0 saturated heterocycles. The molecule has 10 heteroatoms. The Bertz CT molecular complexity index is 1330. The van der Waals surface area contributed by atoms with Crippen molar-refractivity contribution in [3.05, 3.63) is 54.5 Å². The van der Waals surface area contributed by atoms with E-state index in [9.17, 15) is 0 Å². The molecule has 0 unspecified atom stereocenters. The standard InChI is InChI=1S/C21H17N7O2S/c1-30-13-28-16-9-14(4-5-17(16)31-21-20(28)22-6-7-23-21)10-27-12-26-18-15(3-2-8-29)24-11-25-19(18)27/h4-7,9,11-12,29H,8,10,13H2,1H3. The Kier molecular flexibility index (Phi) is 5.21. The van der Waals surface area contributed by atoms with E-state index in [1.165, 1.54) is 6.33 Å². The van der Waals surface area contributed by atoms with Crippen molar-refractivity contribution in [2.45, 2.75) is 16.5 Å². The van der Waals surface area contributed by atoms with E-state index in [0.29, 0.717) is 30.1 Å². The predicted octanol–water partition coefficient (Wildman–Crippen LogP) is 2.21. The van der Waals surface area contributed by atoms with Gasteiger partial charge in [0.05, 0.1) is 18.6 Å². The maximum atomic E-state index is 8.95. The highest BCUT2D eigenvalue weighted by molar-refractivity contribution is 7.99. The number of nitrogens with zero attached hydrogens (tertiary/aromatic N) is 7. The number of fused-ring (bicyclic) bond motifs is 3. The summed E-state index contributed by atoms with van der Waals surface area (Å²) < 4.78 is 7.38. The van der Waals surface area contributed by atoms with Crippen LogP contribution in [0.4, 0.5) is 11.5 Å². The van der Waals surface area contributed by atoms with E-state index >= 15 is 0 Å². The molecule has 0 aliphatic carbocycles. The molecule has 0 amide bonds. The molecule has 1 aliphatic heterocycles. The van der Waals surface area contributed by atoms with Crippen LogP contribution in [0.25, 0.3) is 11.2 Å². The highest BCUT2D eigenvalue weighted by Crippen LogP contribution is 2.46. The Balaban J connectivity index is 1.51. The fourth-order valence-electron chi connectivity index (χ4n) is 3.42. The SMILES string of the molecule is COCN1c2cc(Cn3cnc4c(C#CCO)ncnc43)ccc2Sc2nccnc21. The first kappa shape index (κ1) is 19.4. The number of hydrogen-bond donors (Lipinski definition) is 1. The number of methoxy groups -OCH3 is 1. The summed E-state index contributed by atoms with van der Waals surface area (Å²) in [6.07, 6.45) is 6.57. The van der Waals surface area contributed by atoms with Crippen molar-refractivity contribution in [3.63, 3.8) is 0 Å². The van der Waals surface area contributed by atoms with Crippen molar-refractivity contribution in [1.82, 2.24) is 29.5 Å². The Morgan fingerprint density at radius 1 is 1.13 bits per heavy atom. The van der Waals surface area contributed by atoms with Crippen molar-refractivity contribution >= 4 is 34.4 Å². The molecule has 31 heavy (non-hydrogen) atoms. The number of aliphatic hydroxyl groups excluding tert-OH is 1. The molecule has 0 spiro atoms. The molecule has 1 N–H and O–H groups in total. The molecule has 1 aromatic carbocycles. The monoisotopic (exact) mass is 431 g/mol. The number of aliphatic hydroxyl groups is 1. The van der Waals surface area contributed by atoms with E-state index in [1.807, 2.05) is 9.47 Å². The van der Waals surface area contributed by atoms with Gasteiger partial charge >= 0.3 is 0 Å². The Morgan fingerprint density at radius 2 is 2.03 bits per heavy atom. The van der Waals surface area contributed by atoms with Gasteiger partial charge in [-0.1, -0.05) is 23.7 Å². The molecule has 9 nitrogen and oxygen atoms in total. The maximum Gasteiger partial charge on any atom is 0.168 e. The smallest absolute Gasteiger partial charge is 0.168 e. The minimum Gasteiger partial charge on any atom is -0.384 e. The van der Waals surface area contributed by atoms with E-state index in [-0.39, 0.29) is 6.61 Å². The van der Waals surface area contributed by atoms with E-state index in [2.05, 4.69) is 55.0 Å². The average molecular weight is 431 g/mol. The van der Waals surface area contributed by atoms with Gasteiger partial charge < -0.3 is 14.4 Å². The second kappa shape index (κ2) is 8.31. The number of anilines is 2. The Labute approximate surface area is 182 Å². The zero-order chi connectivity index (χ0) is 21.2. The van der Waals surface area contributed by atoms with Crippen LogP contribution in [0.1, 0.15) is 11.3 Å². The van der Waals surface area contributed by atoms with Crippen molar-refractivity contribution in [2.24, 2.45) is 0 Å². The number of rotatable bonds is 4. The Hall–Kier alpha value is -3.52. The van der Waals surface area contributed by atoms with Gasteiger partial charge in [0.15, 0.2) is 11.5 Å². The molecular formula is C21H17N7O2S. The van der Waals surface area contributed by atoms with Gasteiger partial charge in [0, 0.05) is 24.4 Å². The minimum atomic E-state index is -0.231. The van der Waals surface area contributed by atoms with Crippen LogP contribution < -0.4 is 4.90 Å². The number of benzene rings is 1. The van der Waals surface area contributed by atoms with E-state index < -0.39 is 0 Å². The highest BCUT2D eigenvalue weighted by atomic mass is 32.2. The molecule has 0 atom stereocenters. The molecule has 5 rings (SSSR count). The first-order valence-electron chi connectivity index (χ1n) is 9.42. The fourth-order valence-corrected chi connectivity index (χ4v) is 4.41. The zero-order valence-corrected chi connectivity index (χ0v) is 17.4. The lowest BCUT2D eigenvalue weighted by Gasteiger charge is -2.30. The van der Waals surface area contributed by atoms with Gasteiger partial charge in [-0.2, -0.15) is 0 Å². The van der Waals surface area contributed by atoms with Gasteiger partial charge in [-0.05, 0) is 23.6 Å². The lowest BCUT2D eigenvalue weighted by molar-refractivity contribution is 0.204. The molecule has 0 radical (unpaired) electrons. The van der Waals surface area contributed by atoms with Crippen molar-refractivity contribution < 1.29 is 9.84 Å². The summed E-state index contributed by atoms with van der Waals surface area (Å²) in [5.41, 5.74) is 3.90. The number of ether oxygens (including phenoxy) is 1. The van der Waals surface area contributed by atoms with Crippen LogP contribution in [0.2, 0.25) is 0 Å². The number of imidazole rings is 1. The van der Waals surface area contributed by atoms with Crippen LogP contribution in [0, 0.1) is 11.8 Å². The number of hydrogen-bond acceptors (Lipinski definition) is 9. The van der Waals surface area contributed by atoms with E-state index in [1.54, 1.807) is 37.6 Å². The van der Waals surface area contributed by atoms with Gasteiger partial charge in [0.25, 0.3) is 0 Å². The molecule has 4 aromatic rings. The first-order chi connectivity index (χ1) is 15.3. The van der Waals surface area contributed by atoms with Crippen LogP contribution in [0.3, 0.4) is 0 Å². The zero-order valence-electron chi connectivity index (χ0n) is 16.6. The van der Waals surface area contributed by atoms with Crippen LogP contribution in [-0.4, -0.2) is 55.0 Å². The lowest BCUT2D eigenvalue weighted by atomic mass is 10.2. The summed E-state index contributed by atoms with van der Waals surface area (Å²) in [4.78, 5) is 25.0. The molecule has 1 aliphatic rings. The summed E-state index contributed by atoms with van der Waals surface area (Å²) in [6.45, 7) is 0.716. The summed E-state index contributed by atoms with van der Waals surface area (Å²) in [6, 6.07) is 6.29. The molecule has 0 fully saturated rings. The average Bonchev–Trinajstić information content (AvgIpc) is 3.21. The molecular weight excluding hydrogens is 414 g/mol. The van der Waals surface area contributed by atoms with Gasteiger partial charge in [0.2, 0.25) is 0 Å². The lowest BCUT2D eigenvalue weighted by Crippen LogP contribution is -2.24.